The van der Waals surface area contributed by atoms with Crippen LogP contribution in [0.5, 0.6) is 0 Å². The Morgan fingerprint density at radius 3 is 2.17 bits per heavy atom. The van der Waals surface area contributed by atoms with Gasteiger partial charge in [0.15, 0.2) is 0 Å². The maximum Gasteiger partial charge on any atom is 0.311 e. The van der Waals surface area contributed by atoms with Gasteiger partial charge in [-0.3, -0.25) is 9.59 Å². The first kappa shape index (κ1) is 15.0. The minimum atomic E-state index is -0.814. The molecule has 0 spiro atoms. The van der Waals surface area contributed by atoms with E-state index in [2.05, 4.69) is 0 Å². The number of carboxylic acids is 1. The third-order valence-electron chi connectivity index (χ3n) is 4.15. The van der Waals surface area contributed by atoms with E-state index in [4.69, 9.17) is 5.73 Å². The Morgan fingerprint density at radius 1 is 1.28 bits per heavy atom. The topological polar surface area (TPSA) is 83.6 Å². The van der Waals surface area contributed by atoms with E-state index in [9.17, 15) is 14.7 Å². The van der Waals surface area contributed by atoms with Crippen LogP contribution in [-0.2, 0) is 9.59 Å². The summed E-state index contributed by atoms with van der Waals surface area (Å²) < 4.78 is 0. The van der Waals surface area contributed by atoms with Crippen molar-refractivity contribution in [1.82, 2.24) is 4.90 Å². The van der Waals surface area contributed by atoms with Crippen LogP contribution in [0.3, 0.4) is 0 Å². The smallest absolute Gasteiger partial charge is 0.311 e. The van der Waals surface area contributed by atoms with Gasteiger partial charge in [0.25, 0.3) is 0 Å². The van der Waals surface area contributed by atoms with Gasteiger partial charge >= 0.3 is 5.97 Å². The lowest BCUT2D eigenvalue weighted by atomic mass is 9.76. The number of hydrogen-bond acceptors (Lipinski definition) is 3. The highest BCUT2D eigenvalue weighted by Crippen LogP contribution is 2.38. The summed E-state index contributed by atoms with van der Waals surface area (Å²) in [5.41, 5.74) is 5.03. The lowest BCUT2D eigenvalue weighted by molar-refractivity contribution is -0.151. The summed E-state index contributed by atoms with van der Waals surface area (Å²) >= 11 is 0. The number of hydrogen-bond donors (Lipinski definition) is 2. The van der Waals surface area contributed by atoms with Crippen LogP contribution in [0.15, 0.2) is 0 Å². The minimum Gasteiger partial charge on any atom is -0.481 e. The molecule has 0 aromatic carbocycles. The van der Waals surface area contributed by atoms with Gasteiger partial charge in [0.2, 0.25) is 5.91 Å². The van der Waals surface area contributed by atoms with Crippen LogP contribution in [0.1, 0.15) is 34.1 Å². The Balaban J connectivity index is 2.82. The molecule has 104 valence electrons. The summed E-state index contributed by atoms with van der Waals surface area (Å²) in [5.74, 6) is -0.876. The fraction of sp³-hybridized carbons (Fsp3) is 0.846. The Hall–Kier alpha value is -1.10. The summed E-state index contributed by atoms with van der Waals surface area (Å²) in [7, 11) is 0. The number of carboxylic acid groups (broad SMARTS) is 1. The standard InChI is InChI=1S/C13H24N2O3/c1-8(2)10(14)11(16)15-6-5-13(7-15,9(3)4)12(17)18/h8-10H,5-7,14H2,1-4H3,(H,17,18)/t10-,13?/m1/s1. The van der Waals surface area contributed by atoms with E-state index >= 15 is 0 Å². The molecule has 0 radical (unpaired) electrons. The van der Waals surface area contributed by atoms with Crippen molar-refractivity contribution in [2.24, 2.45) is 23.0 Å². The molecule has 1 rings (SSSR count). The molecule has 18 heavy (non-hydrogen) atoms. The molecule has 1 unspecified atom stereocenters. The van der Waals surface area contributed by atoms with Crippen molar-refractivity contribution in [2.75, 3.05) is 13.1 Å². The lowest BCUT2D eigenvalue weighted by Gasteiger charge is -2.29. The number of nitrogens with two attached hydrogens (primary N) is 1. The van der Waals surface area contributed by atoms with Gasteiger partial charge in [-0.25, -0.2) is 0 Å². The van der Waals surface area contributed by atoms with Gasteiger partial charge in [-0.2, -0.15) is 0 Å². The predicted molar refractivity (Wildman–Crippen MR) is 68.9 cm³/mol. The molecule has 0 aliphatic carbocycles. The fourth-order valence-electron chi connectivity index (χ4n) is 2.41. The van der Waals surface area contributed by atoms with Gasteiger partial charge in [-0.1, -0.05) is 27.7 Å². The Morgan fingerprint density at radius 2 is 1.83 bits per heavy atom. The molecule has 1 heterocycles. The quantitative estimate of drug-likeness (QED) is 0.783. The van der Waals surface area contributed by atoms with E-state index in [1.54, 1.807) is 4.90 Å². The normalized spacial score (nSPS) is 25.8. The number of amides is 1. The highest BCUT2D eigenvalue weighted by molar-refractivity contribution is 5.84. The molecule has 0 saturated carbocycles. The molecular formula is C13H24N2O3. The average molecular weight is 256 g/mol. The van der Waals surface area contributed by atoms with Crippen molar-refractivity contribution in [3.05, 3.63) is 0 Å². The largest absolute Gasteiger partial charge is 0.481 e. The Bertz CT molecular complexity index is 341. The van der Waals surface area contributed by atoms with Crippen molar-refractivity contribution in [1.29, 1.82) is 0 Å². The number of likely N-dealkylation sites (tertiary alicyclic amines) is 1. The fourth-order valence-corrected chi connectivity index (χ4v) is 2.41. The first-order valence-corrected chi connectivity index (χ1v) is 6.50. The van der Waals surface area contributed by atoms with Gasteiger partial charge in [-0.05, 0) is 18.3 Å². The molecule has 3 N–H and O–H groups in total. The minimum absolute atomic E-state index is 0.00285. The molecule has 2 atom stereocenters. The predicted octanol–water partition coefficient (Wildman–Crippen LogP) is 0.929. The van der Waals surface area contributed by atoms with E-state index in [0.29, 0.717) is 13.0 Å². The molecule has 1 fully saturated rings. The van der Waals surface area contributed by atoms with Crippen molar-refractivity contribution < 1.29 is 14.7 Å². The zero-order valence-electron chi connectivity index (χ0n) is 11.6. The molecule has 5 nitrogen and oxygen atoms in total. The number of aliphatic carboxylic acids is 1. The average Bonchev–Trinajstić information content (AvgIpc) is 2.72. The number of rotatable bonds is 4. The van der Waals surface area contributed by atoms with Crippen LogP contribution in [0.4, 0.5) is 0 Å². The molecule has 0 aromatic heterocycles. The molecule has 1 amide bonds. The van der Waals surface area contributed by atoms with Gasteiger partial charge in [0.1, 0.15) is 0 Å². The van der Waals surface area contributed by atoms with E-state index in [0.717, 1.165) is 0 Å². The van der Waals surface area contributed by atoms with Crippen LogP contribution in [0, 0.1) is 17.3 Å². The van der Waals surface area contributed by atoms with E-state index in [1.165, 1.54) is 0 Å². The molecule has 5 heteroatoms. The number of carbonyl (C=O) groups is 2. The third kappa shape index (κ3) is 2.51. The summed E-state index contributed by atoms with van der Waals surface area (Å²) in [4.78, 5) is 25.2. The zero-order chi connectivity index (χ0) is 14.1. The van der Waals surface area contributed by atoms with E-state index in [-0.39, 0.29) is 24.3 Å². The zero-order valence-corrected chi connectivity index (χ0v) is 11.6. The van der Waals surface area contributed by atoms with Crippen LogP contribution >= 0.6 is 0 Å². The SMILES string of the molecule is CC(C)[C@@H](N)C(=O)N1CCC(C(=O)O)(C(C)C)C1. The van der Waals surface area contributed by atoms with Gasteiger partial charge in [0.05, 0.1) is 11.5 Å². The van der Waals surface area contributed by atoms with Crippen LogP contribution in [-0.4, -0.2) is 41.0 Å². The summed E-state index contributed by atoms with van der Waals surface area (Å²) in [5, 5.41) is 9.41. The van der Waals surface area contributed by atoms with Crippen molar-refractivity contribution in [3.63, 3.8) is 0 Å². The van der Waals surface area contributed by atoms with Crippen LogP contribution in [0.2, 0.25) is 0 Å². The van der Waals surface area contributed by atoms with Crippen molar-refractivity contribution >= 4 is 11.9 Å². The maximum atomic E-state index is 12.1. The van der Waals surface area contributed by atoms with E-state index in [1.807, 2.05) is 27.7 Å². The first-order chi connectivity index (χ1) is 8.22. The van der Waals surface area contributed by atoms with Gasteiger partial charge < -0.3 is 15.7 Å². The maximum absolute atomic E-state index is 12.1. The summed E-state index contributed by atoms with van der Waals surface area (Å²) in [6, 6.07) is -0.540. The molecule has 0 aromatic rings. The van der Waals surface area contributed by atoms with Gasteiger partial charge in [-0.15, -0.1) is 0 Å². The van der Waals surface area contributed by atoms with Crippen LogP contribution in [0.25, 0.3) is 0 Å². The molecule has 0 bridgehead atoms. The number of nitrogens with zero attached hydrogens (tertiary/aromatic N) is 1. The molecular weight excluding hydrogens is 232 g/mol. The Kier molecular flexibility index (Phi) is 4.37. The number of carbonyl (C=O) groups excluding carboxylic acids is 1. The first-order valence-electron chi connectivity index (χ1n) is 6.50. The Labute approximate surface area is 108 Å². The van der Waals surface area contributed by atoms with Gasteiger partial charge in [0, 0.05) is 13.1 Å². The monoisotopic (exact) mass is 256 g/mol. The highest BCUT2D eigenvalue weighted by atomic mass is 16.4. The molecule has 1 saturated heterocycles. The van der Waals surface area contributed by atoms with Crippen molar-refractivity contribution in [3.8, 4) is 0 Å². The highest BCUT2D eigenvalue weighted by Gasteiger charge is 2.49. The second kappa shape index (κ2) is 5.26. The summed E-state index contributed by atoms with van der Waals surface area (Å²) in [6.07, 6.45) is 0.510. The van der Waals surface area contributed by atoms with Crippen molar-refractivity contribution in [2.45, 2.75) is 40.2 Å². The van der Waals surface area contributed by atoms with Crippen LogP contribution < -0.4 is 5.73 Å². The molecule has 1 aliphatic rings. The second-order valence-corrected chi connectivity index (χ2v) is 5.90. The third-order valence-corrected chi connectivity index (χ3v) is 4.15. The summed E-state index contributed by atoms with van der Waals surface area (Å²) in [6.45, 7) is 8.34. The van der Waals surface area contributed by atoms with E-state index < -0.39 is 17.4 Å². The lowest BCUT2D eigenvalue weighted by Crippen LogP contribution is -2.47. The molecule has 1 aliphatic heterocycles. The second-order valence-electron chi connectivity index (χ2n) is 5.90.